The van der Waals surface area contributed by atoms with Crippen LogP contribution in [0.5, 0.6) is 0 Å². The molecule has 0 saturated heterocycles. The van der Waals surface area contributed by atoms with Crippen molar-refractivity contribution in [2.75, 3.05) is 0 Å². The predicted molar refractivity (Wildman–Crippen MR) is 61.1 cm³/mol. The van der Waals surface area contributed by atoms with E-state index < -0.39 is 46.0 Å². The Morgan fingerprint density at radius 1 is 0.895 bits per heavy atom. The molecule has 1 aromatic rings. The topological polar surface area (TPSA) is 0 Å². The highest BCUT2D eigenvalue weighted by Gasteiger charge is 2.60. The molecule has 0 N–H and O–H groups in total. The Morgan fingerprint density at radius 3 is 1.58 bits per heavy atom. The van der Waals surface area contributed by atoms with Crippen LogP contribution in [-0.2, 0) is 0 Å². The predicted octanol–water partition coefficient (Wildman–Crippen LogP) is 4.70. The lowest BCUT2D eigenvalue weighted by molar-refractivity contribution is 0.367. The first-order valence-corrected chi connectivity index (χ1v) is 5.79. The van der Waals surface area contributed by atoms with Gasteiger partial charge in [0, 0.05) is 11.5 Å². The van der Waals surface area contributed by atoms with E-state index in [4.69, 9.17) is 0 Å². The molecule has 0 aliphatic heterocycles. The van der Waals surface area contributed by atoms with E-state index in [9.17, 15) is 22.0 Å². The maximum atomic E-state index is 13.7. The second kappa shape index (κ2) is 4.05. The number of benzene rings is 1. The summed E-state index contributed by atoms with van der Waals surface area (Å²) in [5.74, 6) is -10.4. The maximum Gasteiger partial charge on any atom is 0.200 e. The number of hydrogen-bond donors (Lipinski definition) is 0. The summed E-state index contributed by atoms with van der Waals surface area (Å²) in [7, 11) is 0. The molecule has 0 nitrogen and oxygen atoms in total. The first-order valence-electron chi connectivity index (χ1n) is 5.79. The molecule has 0 bridgehead atoms. The lowest BCUT2D eigenvalue weighted by Gasteiger charge is -2.09. The second-order valence-electron chi connectivity index (χ2n) is 5.61. The molecular weight excluding hydrogens is 263 g/mol. The van der Waals surface area contributed by atoms with E-state index in [-0.39, 0.29) is 5.92 Å². The molecule has 2 unspecified atom stereocenters. The van der Waals surface area contributed by atoms with Gasteiger partial charge in [-0.2, -0.15) is 0 Å². The van der Waals surface area contributed by atoms with Crippen molar-refractivity contribution in [2.45, 2.75) is 26.7 Å². The van der Waals surface area contributed by atoms with Gasteiger partial charge < -0.3 is 0 Å². The minimum absolute atomic E-state index is 0.291. The molecule has 1 aliphatic carbocycles. The summed E-state index contributed by atoms with van der Waals surface area (Å²) in [4.78, 5) is 0. The Hall–Kier alpha value is -1.39. The summed E-state index contributed by atoms with van der Waals surface area (Å²) < 4.78 is 66.8. The third-order valence-corrected chi connectivity index (χ3v) is 3.91. The fourth-order valence-corrected chi connectivity index (χ4v) is 2.99. The second-order valence-corrected chi connectivity index (χ2v) is 5.61. The zero-order valence-corrected chi connectivity index (χ0v) is 10.8. The van der Waals surface area contributed by atoms with Gasteiger partial charge in [0.15, 0.2) is 23.3 Å². The number of hydrogen-bond acceptors (Lipinski definition) is 0. The van der Waals surface area contributed by atoms with E-state index in [2.05, 4.69) is 6.58 Å². The van der Waals surface area contributed by atoms with Gasteiger partial charge in [-0.1, -0.05) is 26.0 Å². The molecule has 1 aliphatic rings. The molecule has 1 saturated carbocycles. The fraction of sp³-hybridized carbons (Fsp3) is 0.429. The van der Waals surface area contributed by atoms with Crippen LogP contribution in [0.1, 0.15) is 32.3 Å². The summed E-state index contributed by atoms with van der Waals surface area (Å²) in [6, 6.07) is 0. The normalized spacial score (nSPS) is 24.4. The van der Waals surface area contributed by atoms with Crippen molar-refractivity contribution in [1.82, 2.24) is 0 Å². The van der Waals surface area contributed by atoms with Crippen LogP contribution in [0.25, 0.3) is 0 Å². The average Bonchev–Trinajstić information content (AvgIpc) is 2.87. The smallest absolute Gasteiger partial charge is 0.200 e. The zero-order valence-electron chi connectivity index (χ0n) is 10.8. The highest BCUT2D eigenvalue weighted by molar-refractivity contribution is 5.39. The van der Waals surface area contributed by atoms with E-state index in [0.717, 1.165) is 0 Å². The molecule has 104 valence electrons. The van der Waals surface area contributed by atoms with Crippen LogP contribution in [0.3, 0.4) is 0 Å². The summed E-state index contributed by atoms with van der Waals surface area (Å²) in [6.45, 7) is 8.82. The van der Waals surface area contributed by atoms with Gasteiger partial charge in [-0.15, -0.1) is 0 Å². The van der Waals surface area contributed by atoms with Gasteiger partial charge in [-0.3, -0.25) is 0 Å². The van der Waals surface area contributed by atoms with Crippen molar-refractivity contribution in [2.24, 2.45) is 11.3 Å². The molecule has 2 atom stereocenters. The number of halogens is 5. The van der Waals surface area contributed by atoms with Gasteiger partial charge in [-0.25, -0.2) is 22.0 Å². The van der Waals surface area contributed by atoms with Gasteiger partial charge in [0.05, 0.1) is 0 Å². The SMILES string of the molecule is C=C(C)C1C(c2c(F)c(F)c(F)c(F)c2F)C1(C)C. The third-order valence-electron chi connectivity index (χ3n) is 3.91. The van der Waals surface area contributed by atoms with Crippen LogP contribution in [0, 0.1) is 40.4 Å². The molecule has 0 aromatic heterocycles. The Balaban J connectivity index is 2.63. The maximum absolute atomic E-state index is 13.7. The van der Waals surface area contributed by atoms with Crippen LogP contribution >= 0.6 is 0 Å². The van der Waals surface area contributed by atoms with Crippen molar-refractivity contribution in [3.05, 3.63) is 46.8 Å². The van der Waals surface area contributed by atoms with Gasteiger partial charge in [0.25, 0.3) is 0 Å². The molecule has 0 amide bonds. The highest BCUT2D eigenvalue weighted by Crippen LogP contribution is 2.67. The van der Waals surface area contributed by atoms with Crippen molar-refractivity contribution in [3.63, 3.8) is 0 Å². The van der Waals surface area contributed by atoms with Gasteiger partial charge in [-0.05, 0) is 18.3 Å². The van der Waals surface area contributed by atoms with Crippen LogP contribution in [-0.4, -0.2) is 0 Å². The first kappa shape index (κ1) is 14.0. The minimum Gasteiger partial charge on any atom is -0.203 e. The zero-order chi connectivity index (χ0) is 14.7. The number of rotatable bonds is 2. The van der Waals surface area contributed by atoms with Crippen molar-refractivity contribution in [3.8, 4) is 0 Å². The van der Waals surface area contributed by atoms with Crippen molar-refractivity contribution in [1.29, 1.82) is 0 Å². The van der Waals surface area contributed by atoms with Crippen LogP contribution in [0.15, 0.2) is 12.2 Å². The molecule has 19 heavy (non-hydrogen) atoms. The minimum atomic E-state index is -2.12. The lowest BCUT2D eigenvalue weighted by atomic mass is 10.0. The molecule has 0 spiro atoms. The van der Waals surface area contributed by atoms with E-state index in [0.29, 0.717) is 5.57 Å². The van der Waals surface area contributed by atoms with Gasteiger partial charge in [0.2, 0.25) is 5.82 Å². The van der Waals surface area contributed by atoms with E-state index in [1.807, 2.05) is 0 Å². The summed E-state index contributed by atoms with van der Waals surface area (Å²) in [5.41, 5.74) is -0.627. The van der Waals surface area contributed by atoms with Crippen LogP contribution in [0.2, 0.25) is 0 Å². The fourth-order valence-electron chi connectivity index (χ4n) is 2.99. The summed E-state index contributed by atoms with van der Waals surface area (Å²) in [5, 5.41) is 0. The summed E-state index contributed by atoms with van der Waals surface area (Å²) >= 11 is 0. The van der Waals surface area contributed by atoms with Crippen molar-refractivity contribution < 1.29 is 22.0 Å². The molecule has 2 rings (SSSR count). The van der Waals surface area contributed by atoms with E-state index in [1.165, 1.54) is 0 Å². The molecule has 0 radical (unpaired) electrons. The van der Waals surface area contributed by atoms with Crippen molar-refractivity contribution >= 4 is 0 Å². The first-order chi connectivity index (χ1) is 8.62. The standard InChI is InChI=1S/C14H13F5/c1-5(2)7-8(14(7,3)4)6-9(15)11(17)13(19)12(18)10(6)16/h7-8H,1H2,2-4H3. The van der Waals surface area contributed by atoms with E-state index in [1.54, 1.807) is 20.8 Å². The van der Waals surface area contributed by atoms with E-state index >= 15 is 0 Å². The van der Waals surface area contributed by atoms with Gasteiger partial charge >= 0.3 is 0 Å². The molecule has 1 fully saturated rings. The van der Waals surface area contributed by atoms with Gasteiger partial charge in [0.1, 0.15) is 0 Å². The van der Waals surface area contributed by atoms with Crippen LogP contribution in [0.4, 0.5) is 22.0 Å². The average molecular weight is 276 g/mol. The molecule has 5 heteroatoms. The highest BCUT2D eigenvalue weighted by atomic mass is 19.2. The lowest BCUT2D eigenvalue weighted by Crippen LogP contribution is -2.08. The Labute approximate surface area is 107 Å². The quantitative estimate of drug-likeness (QED) is 0.318. The monoisotopic (exact) mass is 276 g/mol. The Bertz CT molecular complexity index is 545. The molecule has 1 aromatic carbocycles. The molecule has 0 heterocycles. The summed E-state index contributed by atoms with van der Waals surface area (Å²) in [6.07, 6.45) is 0. The van der Waals surface area contributed by atoms with Crippen LogP contribution < -0.4 is 0 Å². The third kappa shape index (κ3) is 1.78. The molecular formula is C14H13F5. The Morgan fingerprint density at radius 2 is 1.26 bits per heavy atom. The Kier molecular flexibility index (Phi) is 2.99. The largest absolute Gasteiger partial charge is 0.203 e. The number of allylic oxidation sites excluding steroid dienone is 1.